The van der Waals surface area contributed by atoms with Gasteiger partial charge in [0.25, 0.3) is 0 Å². The van der Waals surface area contributed by atoms with E-state index in [2.05, 4.69) is 23.5 Å². The van der Waals surface area contributed by atoms with Gasteiger partial charge in [-0.3, -0.25) is 4.98 Å². The number of aromatic nitrogens is 1. The molecule has 0 aliphatic rings. The maximum atomic E-state index is 6.21. The number of nitrogens with zero attached hydrogens (tertiary/aromatic N) is 1. The van der Waals surface area contributed by atoms with Crippen LogP contribution in [0.3, 0.4) is 0 Å². The van der Waals surface area contributed by atoms with Crippen LogP contribution in [0.5, 0.6) is 0 Å². The van der Waals surface area contributed by atoms with E-state index in [1.807, 2.05) is 36.0 Å². The number of fused-ring (bicyclic) bond motifs is 1. The van der Waals surface area contributed by atoms with Crippen molar-refractivity contribution in [3.63, 3.8) is 0 Å². The highest BCUT2D eigenvalue weighted by Crippen LogP contribution is 2.28. The Morgan fingerprint density at radius 3 is 2.94 bits per heavy atom. The molecule has 1 atom stereocenters. The van der Waals surface area contributed by atoms with Crippen LogP contribution in [0.15, 0.2) is 30.5 Å². The van der Waals surface area contributed by atoms with Crippen LogP contribution in [0.1, 0.15) is 13.3 Å². The minimum atomic E-state index is 0.455. The summed E-state index contributed by atoms with van der Waals surface area (Å²) in [4.78, 5) is 4.31. The van der Waals surface area contributed by atoms with Gasteiger partial charge in [0.1, 0.15) is 0 Å². The largest absolute Gasteiger partial charge is 0.397 e. The van der Waals surface area contributed by atoms with E-state index in [1.54, 1.807) is 6.20 Å². The third kappa shape index (κ3) is 2.70. The number of thioether (sulfide) groups is 1. The van der Waals surface area contributed by atoms with E-state index in [4.69, 9.17) is 5.73 Å². The summed E-state index contributed by atoms with van der Waals surface area (Å²) in [6, 6.07) is 8.42. The van der Waals surface area contributed by atoms with Gasteiger partial charge in [0.2, 0.25) is 0 Å². The van der Waals surface area contributed by atoms with Gasteiger partial charge in [0.05, 0.1) is 16.9 Å². The molecule has 1 heterocycles. The average molecular weight is 261 g/mol. The number of nitrogens with two attached hydrogens (primary N) is 1. The topological polar surface area (TPSA) is 50.9 Å². The summed E-state index contributed by atoms with van der Waals surface area (Å²) >= 11 is 1.85. The molecule has 3 nitrogen and oxygen atoms in total. The maximum Gasteiger partial charge on any atom is 0.0724 e. The Morgan fingerprint density at radius 1 is 1.39 bits per heavy atom. The molecule has 18 heavy (non-hydrogen) atoms. The number of nitrogens with one attached hydrogen (secondary N) is 1. The molecular formula is C14H19N3S. The summed E-state index contributed by atoms with van der Waals surface area (Å²) < 4.78 is 0. The molecule has 2 rings (SSSR count). The molecule has 0 aliphatic heterocycles. The summed E-state index contributed by atoms with van der Waals surface area (Å²) in [6.07, 6.45) is 5.00. The van der Waals surface area contributed by atoms with Gasteiger partial charge < -0.3 is 11.1 Å². The fourth-order valence-corrected chi connectivity index (χ4v) is 2.71. The Labute approximate surface area is 112 Å². The molecular weight excluding hydrogens is 242 g/mol. The highest BCUT2D eigenvalue weighted by molar-refractivity contribution is 7.98. The van der Waals surface area contributed by atoms with Crippen LogP contribution in [0.25, 0.3) is 10.9 Å². The van der Waals surface area contributed by atoms with Crippen molar-refractivity contribution in [1.82, 2.24) is 4.98 Å². The standard InChI is InChI=1S/C14H19N3S/c1-3-10(9-18-2)17-13-7-6-12-11(14(13)15)5-4-8-16-12/h4-8,10,17H,3,9,15H2,1-2H3. The van der Waals surface area contributed by atoms with Gasteiger partial charge in [-0.1, -0.05) is 6.92 Å². The normalized spacial score (nSPS) is 12.6. The van der Waals surface area contributed by atoms with E-state index in [0.717, 1.165) is 34.5 Å². The van der Waals surface area contributed by atoms with Gasteiger partial charge in [-0.05, 0) is 36.9 Å². The predicted octanol–water partition coefficient (Wildman–Crippen LogP) is 3.37. The molecule has 0 fully saturated rings. The summed E-state index contributed by atoms with van der Waals surface area (Å²) in [6.45, 7) is 2.19. The van der Waals surface area contributed by atoms with Gasteiger partial charge in [-0.15, -0.1) is 0 Å². The van der Waals surface area contributed by atoms with E-state index in [-0.39, 0.29) is 0 Å². The zero-order valence-corrected chi connectivity index (χ0v) is 11.6. The van der Waals surface area contributed by atoms with Crippen LogP contribution in [0.4, 0.5) is 11.4 Å². The number of rotatable bonds is 5. The molecule has 0 aliphatic carbocycles. The number of nitrogen functional groups attached to an aromatic ring is 1. The predicted molar refractivity (Wildman–Crippen MR) is 82.2 cm³/mol. The lowest BCUT2D eigenvalue weighted by molar-refractivity contribution is 0.775. The van der Waals surface area contributed by atoms with Crippen molar-refractivity contribution in [2.24, 2.45) is 0 Å². The SMILES string of the molecule is CCC(CSC)Nc1ccc2ncccc2c1N. The van der Waals surface area contributed by atoms with Crippen LogP contribution >= 0.6 is 11.8 Å². The second-order valence-electron chi connectivity index (χ2n) is 4.30. The number of hydrogen-bond acceptors (Lipinski definition) is 4. The second kappa shape index (κ2) is 5.96. The zero-order valence-electron chi connectivity index (χ0n) is 10.8. The lowest BCUT2D eigenvalue weighted by atomic mass is 10.1. The molecule has 1 aromatic heterocycles. The third-order valence-electron chi connectivity index (χ3n) is 3.05. The first-order chi connectivity index (χ1) is 8.76. The lowest BCUT2D eigenvalue weighted by Crippen LogP contribution is -2.21. The molecule has 2 aromatic rings. The smallest absolute Gasteiger partial charge is 0.0724 e. The van der Waals surface area contributed by atoms with Gasteiger partial charge in [0, 0.05) is 23.4 Å². The number of pyridine rings is 1. The first-order valence-electron chi connectivity index (χ1n) is 6.15. The average Bonchev–Trinajstić information content (AvgIpc) is 2.41. The minimum absolute atomic E-state index is 0.455. The second-order valence-corrected chi connectivity index (χ2v) is 5.21. The molecule has 4 heteroatoms. The molecule has 0 saturated carbocycles. The molecule has 0 bridgehead atoms. The summed E-state index contributed by atoms with van der Waals surface area (Å²) in [7, 11) is 0. The highest BCUT2D eigenvalue weighted by atomic mass is 32.2. The zero-order chi connectivity index (χ0) is 13.0. The Hall–Kier alpha value is -1.42. The number of benzene rings is 1. The van der Waals surface area contributed by atoms with E-state index in [9.17, 15) is 0 Å². The fourth-order valence-electron chi connectivity index (χ4n) is 1.98. The Balaban J connectivity index is 2.31. The molecule has 1 aromatic carbocycles. The van der Waals surface area contributed by atoms with Gasteiger partial charge in [-0.25, -0.2) is 0 Å². The molecule has 96 valence electrons. The third-order valence-corrected chi connectivity index (χ3v) is 3.78. The highest BCUT2D eigenvalue weighted by Gasteiger charge is 2.09. The number of anilines is 2. The van der Waals surface area contributed by atoms with Gasteiger partial charge in [0.15, 0.2) is 0 Å². The quantitative estimate of drug-likeness (QED) is 0.810. The Kier molecular flexibility index (Phi) is 4.31. The summed E-state index contributed by atoms with van der Waals surface area (Å²) in [5.74, 6) is 1.08. The van der Waals surface area contributed by atoms with Crippen molar-refractivity contribution in [2.45, 2.75) is 19.4 Å². The van der Waals surface area contributed by atoms with Crippen molar-refractivity contribution < 1.29 is 0 Å². The van der Waals surface area contributed by atoms with Crippen LogP contribution in [-0.4, -0.2) is 23.0 Å². The molecule has 1 unspecified atom stereocenters. The summed E-state index contributed by atoms with van der Waals surface area (Å²) in [5, 5.41) is 4.53. The van der Waals surface area contributed by atoms with Gasteiger partial charge >= 0.3 is 0 Å². The van der Waals surface area contributed by atoms with Crippen molar-refractivity contribution in [1.29, 1.82) is 0 Å². The first-order valence-corrected chi connectivity index (χ1v) is 7.54. The number of hydrogen-bond donors (Lipinski definition) is 2. The van der Waals surface area contributed by atoms with Crippen molar-refractivity contribution in [3.05, 3.63) is 30.5 Å². The Bertz CT molecular complexity index is 527. The fraction of sp³-hybridized carbons (Fsp3) is 0.357. The Morgan fingerprint density at radius 2 is 2.22 bits per heavy atom. The molecule has 0 amide bonds. The minimum Gasteiger partial charge on any atom is -0.397 e. The maximum absolute atomic E-state index is 6.21. The molecule has 0 spiro atoms. The van der Waals surface area contributed by atoms with E-state index < -0.39 is 0 Å². The van der Waals surface area contributed by atoms with E-state index >= 15 is 0 Å². The van der Waals surface area contributed by atoms with Crippen molar-refractivity contribution in [3.8, 4) is 0 Å². The molecule has 3 N–H and O–H groups in total. The van der Waals surface area contributed by atoms with Crippen molar-refractivity contribution in [2.75, 3.05) is 23.1 Å². The van der Waals surface area contributed by atoms with E-state index in [0.29, 0.717) is 6.04 Å². The van der Waals surface area contributed by atoms with Crippen LogP contribution in [-0.2, 0) is 0 Å². The van der Waals surface area contributed by atoms with Crippen LogP contribution in [0, 0.1) is 0 Å². The van der Waals surface area contributed by atoms with Crippen LogP contribution in [0.2, 0.25) is 0 Å². The summed E-state index contributed by atoms with van der Waals surface area (Å²) in [5.41, 5.74) is 8.95. The monoisotopic (exact) mass is 261 g/mol. The lowest BCUT2D eigenvalue weighted by Gasteiger charge is -2.19. The van der Waals surface area contributed by atoms with Crippen molar-refractivity contribution >= 4 is 34.0 Å². The van der Waals surface area contributed by atoms with Crippen LogP contribution < -0.4 is 11.1 Å². The van der Waals surface area contributed by atoms with Gasteiger partial charge in [-0.2, -0.15) is 11.8 Å². The molecule has 0 saturated heterocycles. The first kappa shape index (κ1) is 13.0. The molecule has 0 radical (unpaired) electrons. The van der Waals surface area contributed by atoms with E-state index in [1.165, 1.54) is 0 Å².